The van der Waals surface area contributed by atoms with Crippen molar-refractivity contribution < 1.29 is 9.53 Å². The number of rotatable bonds is 3. The molecule has 1 N–H and O–H groups in total. The predicted molar refractivity (Wildman–Crippen MR) is 78.4 cm³/mol. The van der Waals surface area contributed by atoms with E-state index >= 15 is 0 Å². The molecule has 5 nitrogen and oxygen atoms in total. The first-order valence-electron chi connectivity index (χ1n) is 6.25. The molecule has 0 aliphatic heterocycles. The molecular weight excluding hydrogens is 254 g/mol. The summed E-state index contributed by atoms with van der Waals surface area (Å²) >= 11 is 0. The number of hydrazone groups is 1. The number of nitrogens with one attached hydrogen (secondary N) is 1. The zero-order chi connectivity index (χ0) is 14.5. The van der Waals surface area contributed by atoms with Gasteiger partial charge < -0.3 is 9.30 Å². The lowest BCUT2D eigenvalue weighted by atomic mass is 10.2. The quantitative estimate of drug-likeness (QED) is 0.689. The predicted octanol–water partition coefficient (Wildman–Crippen LogP) is 2.78. The molecule has 5 heteroatoms. The Morgan fingerprint density at radius 3 is 2.65 bits per heavy atom. The molecule has 1 heterocycles. The number of aromatic nitrogens is 1. The van der Waals surface area contributed by atoms with Crippen LogP contribution in [0.5, 0.6) is 0 Å². The third kappa shape index (κ3) is 2.88. The normalized spacial score (nSPS) is 10.8. The topological polar surface area (TPSA) is 55.6 Å². The van der Waals surface area contributed by atoms with Crippen LogP contribution in [-0.4, -0.2) is 24.0 Å². The summed E-state index contributed by atoms with van der Waals surface area (Å²) in [5.41, 5.74) is 6.49. The minimum Gasteiger partial charge on any atom is -0.452 e. The van der Waals surface area contributed by atoms with Crippen LogP contribution in [0.4, 0.5) is 4.79 Å². The van der Waals surface area contributed by atoms with Crippen molar-refractivity contribution in [3.63, 3.8) is 0 Å². The lowest BCUT2D eigenvalue weighted by Crippen LogP contribution is -2.16. The van der Waals surface area contributed by atoms with Crippen molar-refractivity contribution in [3.8, 4) is 5.69 Å². The van der Waals surface area contributed by atoms with Gasteiger partial charge in [-0.05, 0) is 32.0 Å². The molecule has 0 radical (unpaired) electrons. The smallest absolute Gasteiger partial charge is 0.427 e. The van der Waals surface area contributed by atoms with Crippen molar-refractivity contribution in [1.29, 1.82) is 0 Å². The first kappa shape index (κ1) is 13.9. The van der Waals surface area contributed by atoms with Gasteiger partial charge in [0.05, 0.1) is 13.3 Å². The lowest BCUT2D eigenvalue weighted by Gasteiger charge is -2.08. The lowest BCUT2D eigenvalue weighted by molar-refractivity contribution is 0.171. The number of hydrogen-bond donors (Lipinski definition) is 1. The van der Waals surface area contributed by atoms with Gasteiger partial charge in [0.15, 0.2) is 0 Å². The molecule has 2 aromatic rings. The van der Waals surface area contributed by atoms with Gasteiger partial charge in [-0.2, -0.15) is 5.10 Å². The van der Waals surface area contributed by atoms with Crippen LogP contribution in [0, 0.1) is 13.8 Å². The van der Waals surface area contributed by atoms with Crippen molar-refractivity contribution in [2.24, 2.45) is 5.10 Å². The van der Waals surface area contributed by atoms with E-state index in [4.69, 9.17) is 0 Å². The van der Waals surface area contributed by atoms with E-state index < -0.39 is 6.09 Å². The Balaban J connectivity index is 2.28. The summed E-state index contributed by atoms with van der Waals surface area (Å²) in [5, 5.41) is 3.86. The van der Waals surface area contributed by atoms with Crippen molar-refractivity contribution >= 4 is 12.3 Å². The number of carbonyl (C=O) groups is 1. The Morgan fingerprint density at radius 2 is 2.00 bits per heavy atom. The first-order valence-corrected chi connectivity index (χ1v) is 6.25. The summed E-state index contributed by atoms with van der Waals surface area (Å²) in [4.78, 5) is 10.9. The third-order valence-corrected chi connectivity index (χ3v) is 3.03. The molecule has 0 fully saturated rings. The third-order valence-electron chi connectivity index (χ3n) is 3.03. The highest BCUT2D eigenvalue weighted by molar-refractivity contribution is 5.83. The van der Waals surface area contributed by atoms with Crippen molar-refractivity contribution in [1.82, 2.24) is 9.99 Å². The number of amides is 1. The fourth-order valence-electron chi connectivity index (χ4n) is 2.09. The van der Waals surface area contributed by atoms with E-state index in [0.717, 1.165) is 22.6 Å². The van der Waals surface area contributed by atoms with Gasteiger partial charge in [0.1, 0.15) is 0 Å². The summed E-state index contributed by atoms with van der Waals surface area (Å²) in [5.74, 6) is 0. The molecule has 1 aromatic heterocycles. The SMILES string of the molecule is COC(=O)NN=Cc1cc(C)n(-c2ccccc2)c1C. The molecule has 0 unspecified atom stereocenters. The molecule has 0 aliphatic rings. The average Bonchev–Trinajstić information content (AvgIpc) is 2.74. The van der Waals surface area contributed by atoms with Gasteiger partial charge in [-0.25, -0.2) is 10.2 Å². The standard InChI is InChI=1S/C15H17N3O2/c1-11-9-13(10-16-17-15(19)20-3)12(2)18(11)14-7-5-4-6-8-14/h4-10H,1-3H3,(H,17,19). The molecule has 0 atom stereocenters. The summed E-state index contributed by atoms with van der Waals surface area (Å²) < 4.78 is 6.59. The van der Waals surface area contributed by atoms with Crippen LogP contribution in [0.25, 0.3) is 5.69 Å². The second-order valence-electron chi connectivity index (χ2n) is 4.36. The fraction of sp³-hybridized carbons (Fsp3) is 0.200. The van der Waals surface area contributed by atoms with E-state index in [-0.39, 0.29) is 0 Å². The number of carbonyl (C=O) groups excluding carboxylic acids is 1. The van der Waals surface area contributed by atoms with Gasteiger partial charge in [0, 0.05) is 22.6 Å². The van der Waals surface area contributed by atoms with Crippen LogP contribution in [-0.2, 0) is 4.74 Å². The van der Waals surface area contributed by atoms with Gasteiger partial charge in [0.2, 0.25) is 0 Å². The van der Waals surface area contributed by atoms with E-state index in [1.54, 1.807) is 6.21 Å². The van der Waals surface area contributed by atoms with Gasteiger partial charge >= 0.3 is 6.09 Å². The van der Waals surface area contributed by atoms with Gasteiger partial charge in [-0.1, -0.05) is 18.2 Å². The molecule has 2 rings (SSSR count). The monoisotopic (exact) mass is 271 g/mol. The van der Waals surface area contributed by atoms with Crippen LogP contribution < -0.4 is 5.43 Å². The maximum Gasteiger partial charge on any atom is 0.427 e. The fourth-order valence-corrected chi connectivity index (χ4v) is 2.09. The second kappa shape index (κ2) is 6.06. The van der Waals surface area contributed by atoms with Gasteiger partial charge in [-0.15, -0.1) is 0 Å². The molecule has 0 saturated heterocycles. The Kier molecular flexibility index (Phi) is 4.20. The number of hydrogen-bond acceptors (Lipinski definition) is 3. The highest BCUT2D eigenvalue weighted by atomic mass is 16.5. The van der Waals surface area contributed by atoms with Gasteiger partial charge in [-0.3, -0.25) is 0 Å². The average molecular weight is 271 g/mol. The molecule has 20 heavy (non-hydrogen) atoms. The highest BCUT2D eigenvalue weighted by Crippen LogP contribution is 2.19. The van der Waals surface area contributed by atoms with E-state index in [0.29, 0.717) is 0 Å². The van der Waals surface area contributed by atoms with Crippen molar-refractivity contribution in [2.75, 3.05) is 7.11 Å². The minimum atomic E-state index is -0.585. The van der Waals surface area contributed by atoms with E-state index in [1.165, 1.54) is 7.11 Å². The molecule has 0 bridgehead atoms. The molecule has 0 aliphatic carbocycles. The number of ether oxygens (including phenoxy) is 1. The largest absolute Gasteiger partial charge is 0.452 e. The number of aryl methyl sites for hydroxylation is 1. The molecule has 0 saturated carbocycles. The zero-order valence-electron chi connectivity index (χ0n) is 11.8. The van der Waals surface area contributed by atoms with Crippen LogP contribution in [0.1, 0.15) is 17.0 Å². The van der Waals surface area contributed by atoms with E-state index in [9.17, 15) is 4.79 Å². The molecule has 1 amide bonds. The Hall–Kier alpha value is -2.56. The molecular formula is C15H17N3O2. The Bertz CT molecular complexity index is 630. The number of benzene rings is 1. The number of nitrogens with zero attached hydrogens (tertiary/aromatic N) is 2. The van der Waals surface area contributed by atoms with Crippen molar-refractivity contribution in [3.05, 3.63) is 53.3 Å². The van der Waals surface area contributed by atoms with Gasteiger partial charge in [0.25, 0.3) is 0 Å². The summed E-state index contributed by atoms with van der Waals surface area (Å²) in [6.45, 7) is 4.05. The summed E-state index contributed by atoms with van der Waals surface area (Å²) in [7, 11) is 1.30. The zero-order valence-corrected chi connectivity index (χ0v) is 11.8. The first-order chi connectivity index (χ1) is 9.63. The molecule has 104 valence electrons. The highest BCUT2D eigenvalue weighted by Gasteiger charge is 2.08. The van der Waals surface area contributed by atoms with Crippen LogP contribution in [0.3, 0.4) is 0 Å². The van der Waals surface area contributed by atoms with E-state index in [1.807, 2.05) is 50.2 Å². The number of para-hydroxylation sites is 1. The minimum absolute atomic E-state index is 0.585. The van der Waals surface area contributed by atoms with Crippen LogP contribution in [0.2, 0.25) is 0 Å². The maximum atomic E-state index is 10.9. The Morgan fingerprint density at radius 1 is 1.30 bits per heavy atom. The number of methoxy groups -OCH3 is 1. The molecule has 0 spiro atoms. The van der Waals surface area contributed by atoms with E-state index in [2.05, 4.69) is 19.8 Å². The molecule has 1 aromatic carbocycles. The van der Waals surface area contributed by atoms with Crippen LogP contribution >= 0.6 is 0 Å². The Labute approximate surface area is 117 Å². The maximum absolute atomic E-state index is 10.9. The van der Waals surface area contributed by atoms with Crippen molar-refractivity contribution in [2.45, 2.75) is 13.8 Å². The second-order valence-corrected chi connectivity index (χ2v) is 4.36. The summed E-state index contributed by atoms with van der Waals surface area (Å²) in [6.07, 6.45) is 1.02. The summed E-state index contributed by atoms with van der Waals surface area (Å²) in [6, 6.07) is 12.1. The van der Waals surface area contributed by atoms with Crippen LogP contribution in [0.15, 0.2) is 41.5 Å².